The highest BCUT2D eigenvalue weighted by molar-refractivity contribution is 5.02. The summed E-state index contributed by atoms with van der Waals surface area (Å²) in [4.78, 5) is 0. The highest BCUT2D eigenvalue weighted by Gasteiger charge is 2.25. The fourth-order valence-corrected chi connectivity index (χ4v) is 3.10. The molecule has 0 aromatic carbocycles. The van der Waals surface area contributed by atoms with Crippen molar-refractivity contribution in [2.75, 3.05) is 0 Å². The zero-order valence-corrected chi connectivity index (χ0v) is 11.1. The van der Waals surface area contributed by atoms with Gasteiger partial charge in [0, 0.05) is 12.6 Å². The van der Waals surface area contributed by atoms with Gasteiger partial charge in [-0.2, -0.15) is 5.10 Å². The van der Waals surface area contributed by atoms with Gasteiger partial charge >= 0.3 is 0 Å². The summed E-state index contributed by atoms with van der Waals surface area (Å²) in [5.41, 5.74) is 1.06. The molecular weight excluding hydrogens is 224 g/mol. The Morgan fingerprint density at radius 2 is 2.00 bits per heavy atom. The van der Waals surface area contributed by atoms with Crippen LogP contribution in [0.15, 0.2) is 12.3 Å². The van der Waals surface area contributed by atoms with Gasteiger partial charge in [-0.15, -0.1) is 0 Å². The Morgan fingerprint density at radius 3 is 2.72 bits per heavy atom. The fourth-order valence-electron chi connectivity index (χ4n) is 3.10. The van der Waals surface area contributed by atoms with Crippen LogP contribution < -0.4 is 0 Å². The molecule has 1 N–H and O–H groups in total. The van der Waals surface area contributed by atoms with Crippen molar-refractivity contribution in [1.82, 2.24) is 9.78 Å². The van der Waals surface area contributed by atoms with Crippen LogP contribution in [0, 0.1) is 5.92 Å². The van der Waals surface area contributed by atoms with E-state index < -0.39 is 0 Å². The quantitative estimate of drug-likeness (QED) is 0.869. The molecule has 1 aromatic rings. The molecular formula is C15H24N2O. The molecule has 3 rings (SSSR count). The molecule has 0 bridgehead atoms. The van der Waals surface area contributed by atoms with E-state index in [9.17, 15) is 5.11 Å². The summed E-state index contributed by atoms with van der Waals surface area (Å²) in [7, 11) is 0. The molecule has 0 saturated heterocycles. The van der Waals surface area contributed by atoms with E-state index >= 15 is 0 Å². The second-order valence-corrected chi connectivity index (χ2v) is 6.12. The Labute approximate surface area is 109 Å². The first kappa shape index (κ1) is 12.2. The lowest BCUT2D eigenvalue weighted by atomic mass is 9.96. The summed E-state index contributed by atoms with van der Waals surface area (Å²) in [5.74, 6) is 0.792. The molecule has 0 amide bonds. The van der Waals surface area contributed by atoms with Gasteiger partial charge in [0.25, 0.3) is 0 Å². The highest BCUT2D eigenvalue weighted by atomic mass is 16.3. The zero-order valence-electron chi connectivity index (χ0n) is 11.1. The van der Waals surface area contributed by atoms with Gasteiger partial charge in [0.05, 0.1) is 17.8 Å². The third-order valence-corrected chi connectivity index (χ3v) is 4.36. The van der Waals surface area contributed by atoms with E-state index in [0.717, 1.165) is 24.5 Å². The molecule has 1 aromatic heterocycles. The highest BCUT2D eigenvalue weighted by Crippen LogP contribution is 2.34. The maximum absolute atomic E-state index is 9.98. The summed E-state index contributed by atoms with van der Waals surface area (Å²) in [5, 5.41) is 14.6. The Morgan fingerprint density at radius 1 is 1.22 bits per heavy atom. The second-order valence-electron chi connectivity index (χ2n) is 6.12. The molecule has 0 aliphatic heterocycles. The van der Waals surface area contributed by atoms with Crippen LogP contribution in [0.2, 0.25) is 0 Å². The maximum atomic E-state index is 9.98. The molecule has 1 atom stereocenters. The molecule has 2 aliphatic rings. The molecule has 18 heavy (non-hydrogen) atoms. The number of aliphatic hydroxyl groups excluding tert-OH is 1. The summed E-state index contributed by atoms with van der Waals surface area (Å²) in [6.45, 7) is 0. The summed E-state index contributed by atoms with van der Waals surface area (Å²) < 4.78 is 2.14. The molecule has 0 radical (unpaired) electrons. The van der Waals surface area contributed by atoms with Gasteiger partial charge in [0.1, 0.15) is 0 Å². The fraction of sp³-hybridized carbons (Fsp3) is 0.800. The summed E-state index contributed by atoms with van der Waals surface area (Å²) in [6, 6.07) is 2.69. The number of aromatic nitrogens is 2. The topological polar surface area (TPSA) is 38.0 Å². The molecule has 3 heteroatoms. The number of aliphatic hydroxyl groups is 1. The SMILES string of the molecule is OC(Cc1ccn(C2CCCCC2)n1)CC1CC1. The van der Waals surface area contributed by atoms with Crippen molar-refractivity contribution >= 4 is 0 Å². The number of nitrogens with zero attached hydrogens (tertiary/aromatic N) is 2. The van der Waals surface area contributed by atoms with E-state index in [0.29, 0.717) is 6.04 Å². The van der Waals surface area contributed by atoms with Crippen molar-refractivity contribution in [2.45, 2.75) is 69.9 Å². The minimum Gasteiger partial charge on any atom is -0.393 e. The van der Waals surface area contributed by atoms with E-state index in [1.807, 2.05) is 0 Å². The molecule has 2 fully saturated rings. The van der Waals surface area contributed by atoms with Crippen LogP contribution in [-0.2, 0) is 6.42 Å². The smallest absolute Gasteiger partial charge is 0.0650 e. The van der Waals surface area contributed by atoms with Crippen LogP contribution in [0.1, 0.15) is 63.1 Å². The average molecular weight is 248 g/mol. The van der Waals surface area contributed by atoms with E-state index in [2.05, 4.69) is 22.0 Å². The molecule has 1 heterocycles. The minimum absolute atomic E-state index is 0.188. The Kier molecular flexibility index (Phi) is 3.69. The standard InChI is InChI=1S/C15H24N2O/c18-15(10-12-6-7-12)11-13-8-9-17(16-13)14-4-2-1-3-5-14/h8-9,12,14-15,18H,1-7,10-11H2. The van der Waals surface area contributed by atoms with Crippen molar-refractivity contribution in [1.29, 1.82) is 0 Å². The Bertz CT molecular complexity index is 378. The van der Waals surface area contributed by atoms with E-state index in [-0.39, 0.29) is 6.10 Å². The van der Waals surface area contributed by atoms with Crippen molar-refractivity contribution in [3.05, 3.63) is 18.0 Å². The van der Waals surface area contributed by atoms with Gasteiger partial charge in [-0.1, -0.05) is 32.1 Å². The van der Waals surface area contributed by atoms with Gasteiger partial charge < -0.3 is 5.11 Å². The first-order valence-corrected chi connectivity index (χ1v) is 7.53. The van der Waals surface area contributed by atoms with Crippen molar-refractivity contribution in [3.8, 4) is 0 Å². The van der Waals surface area contributed by atoms with Crippen molar-refractivity contribution < 1.29 is 5.11 Å². The minimum atomic E-state index is -0.188. The van der Waals surface area contributed by atoms with Crippen molar-refractivity contribution in [2.24, 2.45) is 5.92 Å². The lowest BCUT2D eigenvalue weighted by Crippen LogP contribution is -2.15. The lowest BCUT2D eigenvalue weighted by Gasteiger charge is -2.21. The second kappa shape index (κ2) is 5.43. The number of hydrogen-bond acceptors (Lipinski definition) is 2. The third kappa shape index (κ3) is 3.14. The molecule has 2 saturated carbocycles. The normalized spacial score (nSPS) is 23.2. The molecule has 0 spiro atoms. The van der Waals surface area contributed by atoms with Gasteiger partial charge in [-0.25, -0.2) is 0 Å². The van der Waals surface area contributed by atoms with Crippen LogP contribution >= 0.6 is 0 Å². The van der Waals surface area contributed by atoms with Crippen LogP contribution in [-0.4, -0.2) is 21.0 Å². The summed E-state index contributed by atoms with van der Waals surface area (Å²) >= 11 is 0. The first-order valence-electron chi connectivity index (χ1n) is 7.53. The van der Waals surface area contributed by atoms with Crippen LogP contribution in [0.5, 0.6) is 0 Å². The van der Waals surface area contributed by atoms with Crippen LogP contribution in [0.4, 0.5) is 0 Å². The number of rotatable bonds is 5. The monoisotopic (exact) mass is 248 g/mol. The predicted molar refractivity (Wildman–Crippen MR) is 71.4 cm³/mol. The molecule has 1 unspecified atom stereocenters. The number of hydrogen-bond donors (Lipinski definition) is 1. The van der Waals surface area contributed by atoms with Crippen LogP contribution in [0.25, 0.3) is 0 Å². The Hall–Kier alpha value is -0.830. The van der Waals surface area contributed by atoms with E-state index in [4.69, 9.17) is 0 Å². The maximum Gasteiger partial charge on any atom is 0.0650 e. The van der Waals surface area contributed by atoms with Gasteiger partial charge in [-0.05, 0) is 31.2 Å². The molecule has 3 nitrogen and oxygen atoms in total. The first-order chi connectivity index (χ1) is 8.81. The van der Waals surface area contributed by atoms with Crippen LogP contribution in [0.3, 0.4) is 0 Å². The van der Waals surface area contributed by atoms with Crippen molar-refractivity contribution in [3.63, 3.8) is 0 Å². The Balaban J connectivity index is 1.54. The van der Waals surface area contributed by atoms with Gasteiger partial charge in [0.2, 0.25) is 0 Å². The lowest BCUT2D eigenvalue weighted by molar-refractivity contribution is 0.156. The van der Waals surface area contributed by atoms with E-state index in [1.165, 1.54) is 44.9 Å². The van der Waals surface area contributed by atoms with E-state index in [1.54, 1.807) is 0 Å². The third-order valence-electron chi connectivity index (χ3n) is 4.36. The zero-order chi connectivity index (χ0) is 12.4. The summed E-state index contributed by atoms with van der Waals surface area (Å²) in [6.07, 6.45) is 12.8. The van der Waals surface area contributed by atoms with Gasteiger partial charge in [0.15, 0.2) is 0 Å². The predicted octanol–water partition coefficient (Wildman–Crippen LogP) is 3.09. The average Bonchev–Trinajstić information content (AvgIpc) is 3.06. The van der Waals surface area contributed by atoms with Gasteiger partial charge in [-0.3, -0.25) is 4.68 Å². The molecule has 100 valence electrons. The largest absolute Gasteiger partial charge is 0.393 e. The molecule has 2 aliphatic carbocycles.